The Balaban J connectivity index is 2.56. The fraction of sp³-hybridized carbons (Fsp3) is 0.462. The molecule has 1 aromatic rings. The lowest BCUT2D eigenvalue weighted by Gasteiger charge is -2.18. The Morgan fingerprint density at radius 1 is 1.39 bits per heavy atom. The molecule has 0 unspecified atom stereocenters. The fourth-order valence-electron chi connectivity index (χ4n) is 1.67. The number of likely N-dealkylation sites (N-methyl/N-ethyl adjacent to an activating group) is 1. The third kappa shape index (κ3) is 3.96. The second kappa shape index (κ2) is 7.34. The van der Waals surface area contributed by atoms with Crippen molar-refractivity contribution in [1.82, 2.24) is 10.2 Å². The molecule has 0 aliphatic rings. The number of hydrogen-bond acceptors (Lipinski definition) is 2. The number of rotatable bonds is 6. The topological polar surface area (TPSA) is 32.3 Å². The van der Waals surface area contributed by atoms with Gasteiger partial charge in [-0.2, -0.15) is 0 Å². The summed E-state index contributed by atoms with van der Waals surface area (Å²) >= 11 is 5.81. The van der Waals surface area contributed by atoms with Crippen LogP contribution in [0.25, 0.3) is 0 Å². The molecule has 0 saturated carbocycles. The first-order chi connectivity index (χ1) is 8.60. The van der Waals surface area contributed by atoms with E-state index in [1.54, 1.807) is 0 Å². The van der Waals surface area contributed by atoms with Gasteiger partial charge in [0, 0.05) is 13.1 Å². The maximum absolute atomic E-state index is 13.5. The van der Waals surface area contributed by atoms with E-state index in [1.165, 1.54) is 18.2 Å². The summed E-state index contributed by atoms with van der Waals surface area (Å²) < 4.78 is 13.5. The van der Waals surface area contributed by atoms with E-state index in [0.29, 0.717) is 6.54 Å². The van der Waals surface area contributed by atoms with Gasteiger partial charge in [-0.15, -0.1) is 0 Å². The van der Waals surface area contributed by atoms with Crippen LogP contribution in [0.4, 0.5) is 4.39 Å². The van der Waals surface area contributed by atoms with Crippen molar-refractivity contribution in [3.8, 4) is 0 Å². The fourth-order valence-corrected chi connectivity index (χ4v) is 1.92. The summed E-state index contributed by atoms with van der Waals surface area (Å²) in [6.45, 7) is 7.17. The van der Waals surface area contributed by atoms with Gasteiger partial charge < -0.3 is 10.2 Å². The summed E-state index contributed by atoms with van der Waals surface area (Å²) in [5.74, 6) is -1.06. The Labute approximate surface area is 112 Å². The standard InChI is InChI=1S/C13H18ClFN2O/c1-3-17(4-2)9-8-16-13(18)12-10(14)6-5-7-11(12)15/h5-7H,3-4,8-9H2,1-2H3,(H,16,18). The molecule has 100 valence electrons. The van der Waals surface area contributed by atoms with Gasteiger partial charge in [-0.1, -0.05) is 31.5 Å². The number of nitrogens with zero attached hydrogens (tertiary/aromatic N) is 1. The minimum atomic E-state index is -0.595. The summed E-state index contributed by atoms with van der Waals surface area (Å²) in [7, 11) is 0. The Morgan fingerprint density at radius 2 is 2.06 bits per heavy atom. The molecule has 0 atom stereocenters. The summed E-state index contributed by atoms with van der Waals surface area (Å²) in [6.07, 6.45) is 0. The molecule has 3 nitrogen and oxygen atoms in total. The monoisotopic (exact) mass is 272 g/mol. The molecular weight excluding hydrogens is 255 g/mol. The quantitative estimate of drug-likeness (QED) is 0.863. The number of carbonyl (C=O) groups is 1. The average molecular weight is 273 g/mol. The number of amides is 1. The molecule has 0 spiro atoms. The highest BCUT2D eigenvalue weighted by Gasteiger charge is 2.15. The summed E-state index contributed by atoms with van der Waals surface area (Å²) in [5.41, 5.74) is -0.0845. The molecule has 0 bridgehead atoms. The maximum Gasteiger partial charge on any atom is 0.255 e. The highest BCUT2D eigenvalue weighted by Crippen LogP contribution is 2.18. The molecule has 0 heterocycles. The van der Waals surface area contributed by atoms with E-state index in [2.05, 4.69) is 24.1 Å². The Kier molecular flexibility index (Phi) is 6.09. The molecule has 18 heavy (non-hydrogen) atoms. The van der Waals surface area contributed by atoms with Gasteiger partial charge in [0.15, 0.2) is 0 Å². The Hall–Kier alpha value is -1.13. The van der Waals surface area contributed by atoms with Crippen LogP contribution in [0.1, 0.15) is 24.2 Å². The second-order valence-corrected chi connectivity index (χ2v) is 4.29. The number of benzene rings is 1. The van der Waals surface area contributed by atoms with E-state index in [1.807, 2.05) is 0 Å². The second-order valence-electron chi connectivity index (χ2n) is 3.88. The van der Waals surface area contributed by atoms with Crippen molar-refractivity contribution in [1.29, 1.82) is 0 Å². The van der Waals surface area contributed by atoms with Crippen molar-refractivity contribution >= 4 is 17.5 Å². The Bertz CT molecular complexity index is 388. The molecule has 0 aromatic heterocycles. The van der Waals surface area contributed by atoms with Gasteiger partial charge in [-0.3, -0.25) is 4.79 Å². The Morgan fingerprint density at radius 3 is 2.61 bits per heavy atom. The van der Waals surface area contributed by atoms with Crippen LogP contribution in [-0.2, 0) is 0 Å². The molecule has 1 amide bonds. The van der Waals surface area contributed by atoms with E-state index in [4.69, 9.17) is 11.6 Å². The molecule has 5 heteroatoms. The molecule has 0 saturated heterocycles. The maximum atomic E-state index is 13.5. The van der Waals surface area contributed by atoms with Crippen LogP contribution in [0.2, 0.25) is 5.02 Å². The van der Waals surface area contributed by atoms with E-state index >= 15 is 0 Å². The number of nitrogens with one attached hydrogen (secondary N) is 1. The zero-order valence-corrected chi connectivity index (χ0v) is 11.4. The van der Waals surface area contributed by atoms with Crippen LogP contribution < -0.4 is 5.32 Å². The normalized spacial score (nSPS) is 10.7. The predicted octanol–water partition coefficient (Wildman–Crippen LogP) is 2.55. The van der Waals surface area contributed by atoms with Gasteiger partial charge in [0.05, 0.1) is 10.6 Å². The van der Waals surface area contributed by atoms with Gasteiger partial charge in [-0.25, -0.2) is 4.39 Å². The van der Waals surface area contributed by atoms with Crippen LogP contribution in [0.15, 0.2) is 18.2 Å². The molecule has 0 aliphatic heterocycles. The lowest BCUT2D eigenvalue weighted by Crippen LogP contribution is -2.35. The van der Waals surface area contributed by atoms with Gasteiger partial charge in [0.25, 0.3) is 5.91 Å². The zero-order valence-electron chi connectivity index (χ0n) is 10.7. The average Bonchev–Trinajstić information content (AvgIpc) is 2.34. The number of carbonyl (C=O) groups excluding carboxylic acids is 1. The van der Waals surface area contributed by atoms with Gasteiger partial charge >= 0.3 is 0 Å². The number of halogens is 2. The molecule has 0 aliphatic carbocycles. The van der Waals surface area contributed by atoms with Crippen molar-refractivity contribution in [2.24, 2.45) is 0 Å². The van der Waals surface area contributed by atoms with Crippen LogP contribution in [0.5, 0.6) is 0 Å². The summed E-state index contributed by atoms with van der Waals surface area (Å²) in [5, 5.41) is 2.81. The lowest BCUT2D eigenvalue weighted by molar-refractivity contribution is 0.0945. The van der Waals surface area contributed by atoms with E-state index < -0.39 is 11.7 Å². The molecule has 1 aromatic carbocycles. The van der Waals surface area contributed by atoms with E-state index in [-0.39, 0.29) is 10.6 Å². The largest absolute Gasteiger partial charge is 0.351 e. The first-order valence-electron chi connectivity index (χ1n) is 6.04. The highest BCUT2D eigenvalue weighted by atomic mass is 35.5. The van der Waals surface area contributed by atoms with Crippen LogP contribution in [0.3, 0.4) is 0 Å². The molecule has 0 fully saturated rings. The van der Waals surface area contributed by atoms with Crippen LogP contribution in [0, 0.1) is 5.82 Å². The third-order valence-electron chi connectivity index (χ3n) is 2.80. The van der Waals surface area contributed by atoms with Crippen molar-refractivity contribution in [3.05, 3.63) is 34.6 Å². The highest BCUT2D eigenvalue weighted by molar-refractivity contribution is 6.33. The molecule has 1 rings (SSSR count). The summed E-state index contributed by atoms with van der Waals surface area (Å²) in [4.78, 5) is 14.0. The third-order valence-corrected chi connectivity index (χ3v) is 3.11. The van der Waals surface area contributed by atoms with E-state index in [9.17, 15) is 9.18 Å². The molecule has 1 N–H and O–H groups in total. The lowest BCUT2D eigenvalue weighted by atomic mass is 10.2. The molecular formula is C13H18ClFN2O. The van der Waals surface area contributed by atoms with Crippen molar-refractivity contribution in [2.45, 2.75) is 13.8 Å². The summed E-state index contributed by atoms with van der Waals surface area (Å²) in [6, 6.07) is 4.21. The zero-order chi connectivity index (χ0) is 13.5. The SMILES string of the molecule is CCN(CC)CCNC(=O)c1c(F)cccc1Cl. The number of hydrogen-bond donors (Lipinski definition) is 1. The van der Waals surface area contributed by atoms with Crippen molar-refractivity contribution in [3.63, 3.8) is 0 Å². The first-order valence-corrected chi connectivity index (χ1v) is 6.42. The smallest absolute Gasteiger partial charge is 0.255 e. The first kappa shape index (κ1) is 14.9. The van der Waals surface area contributed by atoms with Crippen LogP contribution in [-0.4, -0.2) is 37.0 Å². The minimum Gasteiger partial charge on any atom is -0.351 e. The van der Waals surface area contributed by atoms with Crippen molar-refractivity contribution < 1.29 is 9.18 Å². The molecule has 0 radical (unpaired) electrons. The minimum absolute atomic E-state index is 0.0845. The van der Waals surface area contributed by atoms with Gasteiger partial charge in [0.1, 0.15) is 5.82 Å². The predicted molar refractivity (Wildman–Crippen MR) is 71.5 cm³/mol. The van der Waals surface area contributed by atoms with E-state index in [0.717, 1.165) is 19.6 Å². The van der Waals surface area contributed by atoms with Crippen LogP contribution >= 0.6 is 11.6 Å². The van der Waals surface area contributed by atoms with Gasteiger partial charge in [-0.05, 0) is 25.2 Å². The van der Waals surface area contributed by atoms with Crippen molar-refractivity contribution in [2.75, 3.05) is 26.2 Å². The van der Waals surface area contributed by atoms with Gasteiger partial charge in [0.2, 0.25) is 0 Å².